The van der Waals surface area contributed by atoms with Crippen molar-refractivity contribution in [2.24, 2.45) is 0 Å². The lowest BCUT2D eigenvalue weighted by Gasteiger charge is -2.04. The summed E-state index contributed by atoms with van der Waals surface area (Å²) < 4.78 is 51.5. The van der Waals surface area contributed by atoms with E-state index in [9.17, 15) is 13.2 Å². The molecule has 0 aliphatic rings. The van der Waals surface area contributed by atoms with Crippen LogP contribution in [0.2, 0.25) is 0 Å². The number of benzene rings is 2. The SMILES string of the molecule is COc1ccc(Nc2oc(C(F)(F)F)[n+]3ccc4ccccc4c23)cc1. The van der Waals surface area contributed by atoms with Crippen LogP contribution in [-0.4, -0.2) is 7.11 Å². The van der Waals surface area contributed by atoms with Crippen molar-refractivity contribution in [3.05, 3.63) is 66.7 Å². The van der Waals surface area contributed by atoms with Gasteiger partial charge < -0.3 is 14.5 Å². The number of aromatic nitrogens is 1. The lowest BCUT2D eigenvalue weighted by Crippen LogP contribution is -2.29. The van der Waals surface area contributed by atoms with Gasteiger partial charge in [-0.2, -0.15) is 13.2 Å². The van der Waals surface area contributed by atoms with Crippen LogP contribution in [0.25, 0.3) is 16.3 Å². The highest BCUT2D eigenvalue weighted by molar-refractivity contribution is 5.98. The molecule has 0 bridgehead atoms. The average molecular weight is 359 g/mol. The summed E-state index contributed by atoms with van der Waals surface area (Å²) in [5.41, 5.74) is 0.912. The van der Waals surface area contributed by atoms with Gasteiger partial charge >= 0.3 is 12.1 Å². The third-order valence-electron chi connectivity index (χ3n) is 4.08. The molecule has 4 rings (SSSR count). The molecule has 26 heavy (non-hydrogen) atoms. The standard InChI is InChI=1S/C19H14F3N2O2/c1-25-14-8-6-13(7-9-14)23-17-16-15-5-3-2-4-12(15)10-11-24(16)18(26-17)19(20,21)22/h2-11,23H,1H3/q+1. The van der Waals surface area contributed by atoms with E-state index in [1.165, 1.54) is 6.20 Å². The minimum absolute atomic E-state index is 0.0271. The number of alkyl halides is 3. The summed E-state index contributed by atoms with van der Waals surface area (Å²) in [5.74, 6) is -0.413. The molecule has 0 fully saturated rings. The first kappa shape index (κ1) is 16.3. The molecule has 2 aromatic heterocycles. The molecule has 4 aromatic rings. The fraction of sp³-hybridized carbons (Fsp3) is 0.105. The minimum atomic E-state index is -4.62. The van der Waals surface area contributed by atoms with Crippen LogP contribution in [0.15, 0.2) is 65.2 Å². The molecule has 0 spiro atoms. The maximum absolute atomic E-state index is 13.4. The molecule has 0 saturated carbocycles. The number of halogens is 3. The van der Waals surface area contributed by atoms with E-state index in [0.29, 0.717) is 22.3 Å². The van der Waals surface area contributed by atoms with Gasteiger partial charge in [-0.15, -0.1) is 4.40 Å². The minimum Gasteiger partial charge on any atom is -0.497 e. The lowest BCUT2D eigenvalue weighted by atomic mass is 10.1. The van der Waals surface area contributed by atoms with Crippen molar-refractivity contribution in [3.8, 4) is 5.75 Å². The molecule has 0 saturated heterocycles. The van der Waals surface area contributed by atoms with Crippen LogP contribution in [0, 0.1) is 0 Å². The normalized spacial score (nSPS) is 11.8. The van der Waals surface area contributed by atoms with Gasteiger partial charge in [0, 0.05) is 11.8 Å². The van der Waals surface area contributed by atoms with E-state index in [4.69, 9.17) is 9.15 Å². The van der Waals surface area contributed by atoms with Crippen molar-refractivity contribution >= 4 is 27.9 Å². The summed E-state index contributed by atoms with van der Waals surface area (Å²) in [6.07, 6.45) is -3.26. The number of rotatable bonds is 3. The van der Waals surface area contributed by atoms with E-state index in [2.05, 4.69) is 5.32 Å². The third-order valence-corrected chi connectivity index (χ3v) is 4.08. The second-order valence-corrected chi connectivity index (χ2v) is 5.71. The van der Waals surface area contributed by atoms with Gasteiger partial charge in [-0.05, 0) is 35.7 Å². The van der Waals surface area contributed by atoms with E-state index in [1.54, 1.807) is 49.6 Å². The highest BCUT2D eigenvalue weighted by Crippen LogP contribution is 2.35. The van der Waals surface area contributed by atoms with E-state index in [0.717, 1.165) is 9.79 Å². The number of methoxy groups -OCH3 is 1. The predicted molar refractivity (Wildman–Crippen MR) is 90.7 cm³/mol. The van der Waals surface area contributed by atoms with Gasteiger partial charge in [0.2, 0.25) is 0 Å². The second kappa shape index (κ2) is 5.94. The van der Waals surface area contributed by atoms with Crippen LogP contribution in [0.5, 0.6) is 5.75 Å². The largest absolute Gasteiger partial charge is 0.518 e. The van der Waals surface area contributed by atoms with Gasteiger partial charge in [-0.25, -0.2) is 0 Å². The number of oxazole rings is 1. The Kier molecular flexibility index (Phi) is 3.72. The molecule has 132 valence electrons. The highest BCUT2D eigenvalue weighted by Gasteiger charge is 2.47. The summed E-state index contributed by atoms with van der Waals surface area (Å²) in [5, 5.41) is 4.42. The quantitative estimate of drug-likeness (QED) is 0.527. The molecular weight excluding hydrogens is 345 g/mol. The zero-order valence-electron chi connectivity index (χ0n) is 13.7. The Balaban J connectivity index is 1.93. The first-order chi connectivity index (χ1) is 12.5. The van der Waals surface area contributed by atoms with Crippen molar-refractivity contribution in [2.45, 2.75) is 6.18 Å². The number of pyridine rings is 1. The van der Waals surface area contributed by atoms with Crippen molar-refractivity contribution in [2.75, 3.05) is 12.4 Å². The van der Waals surface area contributed by atoms with Gasteiger partial charge in [-0.3, -0.25) is 0 Å². The number of hydrogen-bond acceptors (Lipinski definition) is 3. The van der Waals surface area contributed by atoms with E-state index >= 15 is 0 Å². The lowest BCUT2D eigenvalue weighted by molar-refractivity contribution is -0.550. The fourth-order valence-corrected chi connectivity index (χ4v) is 2.90. The average Bonchev–Trinajstić information content (AvgIpc) is 3.02. The summed E-state index contributed by atoms with van der Waals surface area (Å²) >= 11 is 0. The van der Waals surface area contributed by atoms with Gasteiger partial charge in [-0.1, -0.05) is 18.2 Å². The molecule has 0 unspecified atom stereocenters. The molecule has 0 amide bonds. The van der Waals surface area contributed by atoms with Crippen LogP contribution in [0.3, 0.4) is 0 Å². The predicted octanol–water partition coefficient (Wildman–Crippen LogP) is 4.94. The van der Waals surface area contributed by atoms with Crippen LogP contribution in [-0.2, 0) is 6.18 Å². The van der Waals surface area contributed by atoms with E-state index in [1.807, 2.05) is 12.1 Å². The summed E-state index contributed by atoms with van der Waals surface area (Å²) in [6, 6.07) is 15.7. The Hall–Kier alpha value is -3.22. The molecule has 2 heterocycles. The Bertz CT molecular complexity index is 1090. The van der Waals surface area contributed by atoms with Gasteiger partial charge in [0.1, 0.15) is 5.75 Å². The fourth-order valence-electron chi connectivity index (χ4n) is 2.90. The van der Waals surface area contributed by atoms with Crippen molar-refractivity contribution in [3.63, 3.8) is 0 Å². The first-order valence-electron chi connectivity index (χ1n) is 7.81. The van der Waals surface area contributed by atoms with Gasteiger partial charge in [0.25, 0.3) is 11.4 Å². The zero-order valence-corrected chi connectivity index (χ0v) is 13.7. The Morgan fingerprint density at radius 2 is 1.73 bits per heavy atom. The number of anilines is 2. The molecule has 0 aliphatic heterocycles. The van der Waals surface area contributed by atoms with Crippen LogP contribution in [0.4, 0.5) is 24.7 Å². The van der Waals surface area contributed by atoms with Crippen LogP contribution in [0.1, 0.15) is 5.89 Å². The number of ether oxygens (including phenoxy) is 1. The third kappa shape index (κ3) is 2.71. The van der Waals surface area contributed by atoms with Gasteiger partial charge in [0.05, 0.1) is 12.5 Å². The molecule has 2 aromatic carbocycles. The van der Waals surface area contributed by atoms with E-state index < -0.39 is 12.1 Å². The first-order valence-corrected chi connectivity index (χ1v) is 7.81. The summed E-state index contributed by atoms with van der Waals surface area (Å²) in [4.78, 5) is 0. The Morgan fingerprint density at radius 3 is 2.42 bits per heavy atom. The molecule has 0 atom stereocenters. The van der Waals surface area contributed by atoms with Crippen molar-refractivity contribution < 1.29 is 26.7 Å². The topological polar surface area (TPSA) is 38.5 Å². The number of fused-ring (bicyclic) bond motifs is 3. The van der Waals surface area contributed by atoms with Gasteiger partial charge in [0.15, 0.2) is 6.20 Å². The van der Waals surface area contributed by atoms with Crippen molar-refractivity contribution in [1.82, 2.24) is 0 Å². The van der Waals surface area contributed by atoms with Crippen LogP contribution >= 0.6 is 0 Å². The smallest absolute Gasteiger partial charge is 0.497 e. The maximum atomic E-state index is 13.4. The summed E-state index contributed by atoms with van der Waals surface area (Å²) in [6.45, 7) is 0. The Morgan fingerprint density at radius 1 is 1.00 bits per heavy atom. The molecule has 1 N–H and O–H groups in total. The molecule has 7 heteroatoms. The summed E-state index contributed by atoms with van der Waals surface area (Å²) in [7, 11) is 1.54. The second-order valence-electron chi connectivity index (χ2n) is 5.71. The molecule has 0 radical (unpaired) electrons. The molecule has 4 nitrogen and oxygen atoms in total. The zero-order chi connectivity index (χ0) is 18.3. The maximum Gasteiger partial charge on any atom is 0.518 e. The molecular formula is C19H14F3N2O2+. The molecule has 0 aliphatic carbocycles. The monoisotopic (exact) mass is 359 g/mol. The number of nitrogens with zero attached hydrogens (tertiary/aromatic N) is 1. The van der Waals surface area contributed by atoms with Crippen LogP contribution < -0.4 is 14.5 Å². The highest BCUT2D eigenvalue weighted by atomic mass is 19.4. The number of nitrogens with one attached hydrogen (secondary N) is 1. The van der Waals surface area contributed by atoms with Crippen molar-refractivity contribution in [1.29, 1.82) is 0 Å². The number of hydrogen-bond donors (Lipinski definition) is 1. The Labute approximate surface area is 146 Å². The van der Waals surface area contributed by atoms with E-state index in [-0.39, 0.29) is 5.88 Å².